The number of carbonyl (C=O) groups excluding carboxylic acids is 1. The van der Waals surface area contributed by atoms with E-state index < -0.39 is 0 Å². The Morgan fingerprint density at radius 2 is 2.16 bits per heavy atom. The highest BCUT2D eigenvalue weighted by Gasteiger charge is 2.65. The molecule has 6 unspecified atom stereocenters. The number of allylic oxidation sites excluding steroid dienone is 2. The molecule has 4 fully saturated rings. The first-order valence-corrected chi connectivity index (χ1v) is 7.90. The van der Waals surface area contributed by atoms with Crippen LogP contribution in [0.1, 0.15) is 38.5 Å². The molecule has 0 bridgehead atoms. The molecule has 1 heterocycles. The summed E-state index contributed by atoms with van der Waals surface area (Å²) in [4.78, 5) is 11.6. The highest BCUT2D eigenvalue weighted by Crippen LogP contribution is 2.64. The molecule has 0 N–H and O–H groups in total. The smallest absolute Gasteiger partial charge is 0.178 e. The first kappa shape index (κ1) is 10.8. The van der Waals surface area contributed by atoms with Crippen LogP contribution in [0, 0.1) is 23.7 Å². The van der Waals surface area contributed by atoms with E-state index in [2.05, 4.69) is 6.08 Å². The largest absolute Gasteiger partial charge is 0.362 e. The predicted octanol–water partition coefficient (Wildman–Crippen LogP) is 3.04. The molecule has 4 aliphatic carbocycles. The molecule has 1 spiro atoms. The summed E-state index contributed by atoms with van der Waals surface area (Å²) in [5.41, 5.74) is 1.11. The van der Waals surface area contributed by atoms with E-state index in [9.17, 15) is 4.79 Å². The fraction of sp³-hybridized carbons (Fsp3) is 0.706. The third-order valence-corrected chi connectivity index (χ3v) is 6.57. The van der Waals surface area contributed by atoms with Crippen LogP contribution in [0.3, 0.4) is 0 Å². The number of fused-ring (bicyclic) bond motifs is 2. The first-order valence-electron chi connectivity index (χ1n) is 7.90. The molecular weight excluding hydrogens is 236 g/mol. The number of hydrogen-bond acceptors (Lipinski definition) is 2. The molecule has 0 radical (unpaired) electrons. The molecular formula is C17H20O2. The van der Waals surface area contributed by atoms with Gasteiger partial charge in [-0.05, 0) is 67.2 Å². The lowest BCUT2D eigenvalue weighted by molar-refractivity contribution is -0.274. The van der Waals surface area contributed by atoms with Gasteiger partial charge in [-0.25, -0.2) is 0 Å². The lowest BCUT2D eigenvalue weighted by atomic mass is 9.51. The number of ketones is 1. The number of carbonyl (C=O) groups is 1. The van der Waals surface area contributed by atoms with Crippen molar-refractivity contribution < 1.29 is 9.53 Å². The van der Waals surface area contributed by atoms with Crippen molar-refractivity contribution in [2.75, 3.05) is 0 Å². The topological polar surface area (TPSA) is 26.3 Å². The van der Waals surface area contributed by atoms with Crippen LogP contribution >= 0.6 is 0 Å². The van der Waals surface area contributed by atoms with Crippen LogP contribution in [-0.2, 0) is 9.53 Å². The van der Waals surface area contributed by atoms with Crippen molar-refractivity contribution in [3.05, 3.63) is 23.8 Å². The minimum Gasteiger partial charge on any atom is -0.362 e. The van der Waals surface area contributed by atoms with E-state index in [1.165, 1.54) is 37.7 Å². The summed E-state index contributed by atoms with van der Waals surface area (Å²) in [5, 5.41) is 0. The van der Waals surface area contributed by atoms with Crippen LogP contribution in [-0.4, -0.2) is 17.5 Å². The highest BCUT2D eigenvalue weighted by molar-refractivity contribution is 6.01. The Morgan fingerprint density at radius 1 is 1.21 bits per heavy atom. The average molecular weight is 256 g/mol. The maximum absolute atomic E-state index is 11.6. The molecule has 19 heavy (non-hydrogen) atoms. The number of rotatable bonds is 0. The summed E-state index contributed by atoms with van der Waals surface area (Å²) in [5.74, 6) is 3.57. The highest BCUT2D eigenvalue weighted by atomic mass is 16.5. The van der Waals surface area contributed by atoms with Crippen LogP contribution in [0.5, 0.6) is 0 Å². The van der Waals surface area contributed by atoms with Crippen LogP contribution in [0.15, 0.2) is 23.8 Å². The van der Waals surface area contributed by atoms with E-state index in [0.29, 0.717) is 12.0 Å². The van der Waals surface area contributed by atoms with Gasteiger partial charge in [0.1, 0.15) is 5.60 Å². The molecule has 0 aromatic heterocycles. The zero-order valence-electron chi connectivity index (χ0n) is 11.2. The summed E-state index contributed by atoms with van der Waals surface area (Å²) >= 11 is 0. The Balaban J connectivity index is 1.57. The summed E-state index contributed by atoms with van der Waals surface area (Å²) < 4.78 is 6.35. The summed E-state index contributed by atoms with van der Waals surface area (Å²) in [7, 11) is 0. The molecule has 0 aromatic rings. The third-order valence-electron chi connectivity index (χ3n) is 6.57. The SMILES string of the molecule is O=C1C=CC23OC4CC5CCCC5C(CCC2=C1)C43. The van der Waals surface area contributed by atoms with Gasteiger partial charge < -0.3 is 4.74 Å². The Bertz CT molecular complexity index is 517. The van der Waals surface area contributed by atoms with Gasteiger partial charge in [-0.3, -0.25) is 4.79 Å². The zero-order chi connectivity index (χ0) is 12.6. The lowest BCUT2D eigenvalue weighted by Crippen LogP contribution is -2.68. The second-order valence-electron chi connectivity index (χ2n) is 7.17. The van der Waals surface area contributed by atoms with Crippen molar-refractivity contribution in [3.8, 4) is 0 Å². The lowest BCUT2D eigenvalue weighted by Gasteiger charge is -2.65. The number of ether oxygens (including phenoxy) is 1. The van der Waals surface area contributed by atoms with E-state index in [4.69, 9.17) is 4.74 Å². The summed E-state index contributed by atoms with van der Waals surface area (Å²) in [6.07, 6.45) is 14.1. The van der Waals surface area contributed by atoms with Crippen molar-refractivity contribution in [3.63, 3.8) is 0 Å². The van der Waals surface area contributed by atoms with Crippen molar-refractivity contribution in [2.24, 2.45) is 23.7 Å². The standard InChI is InChI=1S/C17H20O2/c18-12-6-7-17-11(9-12)4-5-14-13-3-1-2-10(13)8-15(19-17)16(14)17/h6-7,9-10,13-16H,1-5,8H2. The van der Waals surface area contributed by atoms with Crippen LogP contribution in [0.4, 0.5) is 0 Å². The van der Waals surface area contributed by atoms with Crippen LogP contribution < -0.4 is 0 Å². The predicted molar refractivity (Wildman–Crippen MR) is 71.5 cm³/mol. The van der Waals surface area contributed by atoms with Crippen LogP contribution in [0.2, 0.25) is 0 Å². The van der Waals surface area contributed by atoms with Crippen molar-refractivity contribution in [2.45, 2.75) is 50.2 Å². The van der Waals surface area contributed by atoms with Gasteiger partial charge in [-0.2, -0.15) is 0 Å². The van der Waals surface area contributed by atoms with Crippen molar-refractivity contribution in [1.29, 1.82) is 0 Å². The Hall–Kier alpha value is -0.890. The fourth-order valence-electron chi connectivity index (χ4n) is 5.95. The fourth-order valence-corrected chi connectivity index (χ4v) is 5.95. The number of hydrogen-bond donors (Lipinski definition) is 0. The van der Waals surface area contributed by atoms with Gasteiger partial charge in [0.15, 0.2) is 5.78 Å². The second-order valence-corrected chi connectivity index (χ2v) is 7.17. The van der Waals surface area contributed by atoms with Gasteiger partial charge in [-0.1, -0.05) is 12.8 Å². The van der Waals surface area contributed by atoms with Gasteiger partial charge in [0.05, 0.1) is 6.10 Å². The van der Waals surface area contributed by atoms with E-state index in [-0.39, 0.29) is 11.4 Å². The van der Waals surface area contributed by atoms with Crippen molar-refractivity contribution >= 4 is 5.78 Å². The average Bonchev–Trinajstić information content (AvgIpc) is 2.85. The van der Waals surface area contributed by atoms with E-state index in [1.807, 2.05) is 6.08 Å². The Kier molecular flexibility index (Phi) is 1.94. The molecule has 5 rings (SSSR count). The maximum atomic E-state index is 11.6. The normalized spacial score (nSPS) is 53.8. The van der Waals surface area contributed by atoms with Crippen molar-refractivity contribution in [1.82, 2.24) is 0 Å². The molecule has 0 aromatic carbocycles. The maximum Gasteiger partial charge on any atom is 0.178 e. The second kappa shape index (κ2) is 3.41. The molecule has 0 amide bonds. The zero-order valence-corrected chi connectivity index (χ0v) is 11.2. The third kappa shape index (κ3) is 1.20. The molecule has 1 aliphatic heterocycles. The quantitative estimate of drug-likeness (QED) is 0.666. The summed E-state index contributed by atoms with van der Waals surface area (Å²) in [6, 6.07) is 0. The van der Waals surface area contributed by atoms with E-state index >= 15 is 0 Å². The van der Waals surface area contributed by atoms with E-state index in [1.54, 1.807) is 6.08 Å². The van der Waals surface area contributed by atoms with E-state index in [0.717, 1.165) is 24.2 Å². The monoisotopic (exact) mass is 256 g/mol. The molecule has 3 saturated carbocycles. The van der Waals surface area contributed by atoms with Gasteiger partial charge >= 0.3 is 0 Å². The molecule has 2 nitrogen and oxygen atoms in total. The van der Waals surface area contributed by atoms with Gasteiger partial charge in [0.2, 0.25) is 0 Å². The molecule has 5 aliphatic rings. The Labute approximate surface area is 113 Å². The van der Waals surface area contributed by atoms with Crippen LogP contribution in [0.25, 0.3) is 0 Å². The minimum absolute atomic E-state index is 0.153. The molecule has 2 heteroatoms. The molecule has 1 saturated heterocycles. The van der Waals surface area contributed by atoms with Gasteiger partial charge in [0.25, 0.3) is 0 Å². The summed E-state index contributed by atoms with van der Waals surface area (Å²) in [6.45, 7) is 0. The minimum atomic E-state index is -0.158. The first-order chi connectivity index (χ1) is 9.28. The van der Waals surface area contributed by atoms with Gasteiger partial charge in [-0.15, -0.1) is 0 Å². The molecule has 100 valence electrons. The Morgan fingerprint density at radius 3 is 3.11 bits per heavy atom. The van der Waals surface area contributed by atoms with Gasteiger partial charge in [0, 0.05) is 5.92 Å². The molecule has 6 atom stereocenters.